The number of hydrogen-bond acceptors (Lipinski definition) is 10. The molecule has 2 aliphatic heterocycles. The molecular weight excluding hydrogens is 504 g/mol. The number of nitrogens with zero attached hydrogens (tertiary/aromatic N) is 8. The maximum absolute atomic E-state index is 12.9. The second kappa shape index (κ2) is 11.0. The molecule has 2 saturated heterocycles. The summed E-state index contributed by atoms with van der Waals surface area (Å²) in [7, 11) is 1.85. The lowest BCUT2D eigenvalue weighted by Crippen LogP contribution is -2.51. The van der Waals surface area contributed by atoms with Crippen LogP contribution in [0.5, 0.6) is 0 Å². The third kappa shape index (κ3) is 6.38. The summed E-state index contributed by atoms with van der Waals surface area (Å²) in [6.07, 6.45) is 6.52. The summed E-state index contributed by atoms with van der Waals surface area (Å²) >= 11 is 0. The summed E-state index contributed by atoms with van der Waals surface area (Å²) in [4.78, 5) is 43.2. The van der Waals surface area contributed by atoms with Crippen molar-refractivity contribution < 1.29 is 19.1 Å². The Hall–Kier alpha value is -3.94. The maximum atomic E-state index is 12.9. The van der Waals surface area contributed by atoms with Gasteiger partial charge in [-0.05, 0) is 33.6 Å². The van der Waals surface area contributed by atoms with Crippen molar-refractivity contribution in [3.05, 3.63) is 18.7 Å². The average Bonchev–Trinajstić information content (AvgIpc) is 3.53. The highest BCUT2D eigenvalue weighted by molar-refractivity contribution is 5.88. The Morgan fingerprint density at radius 2 is 1.97 bits per heavy atom. The molecule has 0 unspecified atom stereocenters. The molecule has 2 N–H and O–H groups in total. The Balaban J connectivity index is 1.30. The molecule has 0 radical (unpaired) electrons. The topological polar surface area (TPSA) is 145 Å². The van der Waals surface area contributed by atoms with Crippen LogP contribution in [0, 0.1) is 0 Å². The fraction of sp³-hybridized carbons (Fsp3) is 0.600. The van der Waals surface area contributed by atoms with Crippen molar-refractivity contribution in [3.8, 4) is 5.69 Å². The summed E-state index contributed by atoms with van der Waals surface area (Å²) in [6, 6.07) is -0.153. The van der Waals surface area contributed by atoms with Crippen molar-refractivity contribution in [1.29, 1.82) is 0 Å². The Morgan fingerprint density at radius 3 is 2.69 bits per heavy atom. The highest BCUT2D eigenvalue weighted by Gasteiger charge is 2.28. The lowest BCUT2D eigenvalue weighted by molar-refractivity contribution is -0.120. The van der Waals surface area contributed by atoms with Gasteiger partial charge in [-0.15, -0.1) is 0 Å². The van der Waals surface area contributed by atoms with E-state index < -0.39 is 5.60 Å². The molecule has 14 nitrogen and oxygen atoms in total. The van der Waals surface area contributed by atoms with Gasteiger partial charge in [-0.25, -0.2) is 9.78 Å². The predicted octanol–water partition coefficient (Wildman–Crippen LogP) is 1.31. The summed E-state index contributed by atoms with van der Waals surface area (Å²) < 4.78 is 14.6. The number of ether oxygens (including phenoxy) is 2. The fourth-order valence-corrected chi connectivity index (χ4v) is 4.67. The summed E-state index contributed by atoms with van der Waals surface area (Å²) in [5.41, 5.74) is 1.42. The number of anilines is 2. The monoisotopic (exact) mass is 540 g/mol. The number of rotatable bonds is 6. The summed E-state index contributed by atoms with van der Waals surface area (Å²) in [6.45, 7) is 9.07. The normalized spacial score (nSPS) is 18.3. The number of aromatic nitrogens is 6. The Labute approximate surface area is 226 Å². The second-order valence-corrected chi connectivity index (χ2v) is 10.8. The van der Waals surface area contributed by atoms with Crippen LogP contribution in [-0.4, -0.2) is 104 Å². The Bertz CT molecular complexity index is 1320. The van der Waals surface area contributed by atoms with Gasteiger partial charge in [0, 0.05) is 45.5 Å². The van der Waals surface area contributed by atoms with Gasteiger partial charge in [0.1, 0.15) is 11.9 Å². The van der Waals surface area contributed by atoms with Crippen LogP contribution >= 0.6 is 0 Å². The average molecular weight is 541 g/mol. The molecule has 5 heterocycles. The van der Waals surface area contributed by atoms with Crippen LogP contribution in [0.4, 0.5) is 16.6 Å². The van der Waals surface area contributed by atoms with Gasteiger partial charge in [0.15, 0.2) is 17.0 Å². The van der Waals surface area contributed by atoms with Crippen LogP contribution < -0.4 is 15.5 Å². The van der Waals surface area contributed by atoms with Gasteiger partial charge in [0.2, 0.25) is 11.9 Å². The first-order valence-corrected chi connectivity index (χ1v) is 13.2. The zero-order valence-electron chi connectivity index (χ0n) is 22.9. The number of piperidine rings is 1. The minimum absolute atomic E-state index is 0.00262. The molecule has 3 aromatic rings. The molecule has 3 aromatic heterocycles. The second-order valence-electron chi connectivity index (χ2n) is 10.8. The first-order chi connectivity index (χ1) is 18.7. The summed E-state index contributed by atoms with van der Waals surface area (Å²) in [5.74, 6) is 0.815. The number of morpholine rings is 1. The molecule has 0 bridgehead atoms. The van der Waals surface area contributed by atoms with E-state index in [0.717, 1.165) is 18.5 Å². The lowest BCUT2D eigenvalue weighted by Gasteiger charge is -2.34. The molecule has 2 aliphatic rings. The Morgan fingerprint density at radius 1 is 1.18 bits per heavy atom. The van der Waals surface area contributed by atoms with E-state index in [-0.39, 0.29) is 24.6 Å². The third-order valence-electron chi connectivity index (χ3n) is 6.50. The van der Waals surface area contributed by atoms with Gasteiger partial charge in [-0.2, -0.15) is 15.1 Å². The molecule has 5 rings (SSSR count). The molecular formula is C25H36N10O4. The number of nitrogens with one attached hydrogen (secondary N) is 2. The molecule has 1 atom stereocenters. The highest BCUT2D eigenvalue weighted by atomic mass is 16.6. The quantitative estimate of drug-likeness (QED) is 0.469. The van der Waals surface area contributed by atoms with Gasteiger partial charge in [-0.3, -0.25) is 14.0 Å². The number of amides is 2. The van der Waals surface area contributed by atoms with Crippen molar-refractivity contribution in [2.45, 2.75) is 45.3 Å². The van der Waals surface area contributed by atoms with Crippen molar-refractivity contribution in [2.75, 3.05) is 56.2 Å². The molecule has 2 amide bonds. The molecule has 0 aliphatic carbocycles. The van der Waals surface area contributed by atoms with Crippen molar-refractivity contribution in [3.63, 3.8) is 0 Å². The van der Waals surface area contributed by atoms with E-state index in [1.807, 2.05) is 38.6 Å². The third-order valence-corrected chi connectivity index (χ3v) is 6.50. The van der Waals surface area contributed by atoms with Gasteiger partial charge in [0.25, 0.3) is 0 Å². The van der Waals surface area contributed by atoms with Gasteiger partial charge >= 0.3 is 6.09 Å². The van der Waals surface area contributed by atoms with Crippen molar-refractivity contribution >= 4 is 34.9 Å². The molecule has 14 heteroatoms. The zero-order chi connectivity index (χ0) is 27.6. The van der Waals surface area contributed by atoms with Crippen LogP contribution in [0.25, 0.3) is 16.9 Å². The number of carbonyl (C=O) groups is 2. The van der Waals surface area contributed by atoms with Gasteiger partial charge in [-0.1, -0.05) is 0 Å². The first-order valence-electron chi connectivity index (χ1n) is 13.2. The lowest BCUT2D eigenvalue weighted by atomic mass is 10.1. The van der Waals surface area contributed by atoms with Crippen LogP contribution in [-0.2, 0) is 21.3 Å². The number of hydrogen-bond donors (Lipinski definition) is 2. The molecule has 0 saturated carbocycles. The number of imidazole rings is 1. The van der Waals surface area contributed by atoms with Crippen LogP contribution in [0.3, 0.4) is 0 Å². The van der Waals surface area contributed by atoms with Crippen molar-refractivity contribution in [2.24, 2.45) is 7.05 Å². The number of likely N-dealkylation sites (tertiary alicyclic amines) is 1. The number of fused-ring (bicyclic) bond motifs is 1. The number of carbonyl (C=O) groups excluding carboxylic acids is 2. The minimum Gasteiger partial charge on any atom is -0.444 e. The first kappa shape index (κ1) is 26.7. The number of aryl methyl sites for hydroxylation is 1. The fourth-order valence-electron chi connectivity index (χ4n) is 4.67. The van der Waals surface area contributed by atoms with Crippen molar-refractivity contribution in [1.82, 2.24) is 39.5 Å². The van der Waals surface area contributed by atoms with Gasteiger partial charge in [0.05, 0.1) is 31.6 Å². The van der Waals surface area contributed by atoms with E-state index in [4.69, 9.17) is 19.4 Å². The van der Waals surface area contributed by atoms with E-state index in [1.165, 1.54) is 0 Å². The van der Waals surface area contributed by atoms with E-state index >= 15 is 0 Å². The molecule has 0 aromatic carbocycles. The largest absolute Gasteiger partial charge is 0.444 e. The Kier molecular flexibility index (Phi) is 7.55. The zero-order valence-corrected chi connectivity index (χ0v) is 22.9. The predicted molar refractivity (Wildman–Crippen MR) is 144 cm³/mol. The van der Waals surface area contributed by atoms with Gasteiger partial charge < -0.3 is 29.9 Å². The van der Waals surface area contributed by atoms with Crippen LogP contribution in [0.1, 0.15) is 33.6 Å². The highest BCUT2D eigenvalue weighted by Crippen LogP contribution is 2.25. The van der Waals surface area contributed by atoms with E-state index in [0.29, 0.717) is 62.3 Å². The smallest absolute Gasteiger partial charge is 0.410 e. The molecule has 2 fully saturated rings. The molecule has 0 spiro atoms. The van der Waals surface area contributed by atoms with E-state index in [9.17, 15) is 9.59 Å². The minimum atomic E-state index is -0.565. The standard InChI is InChI=1S/C25H36N10O4/c1-25(2,3)39-24(37)34-7-5-6-17(14-34)29-19(36)13-26-21-20-22(31-23(30-21)33-8-10-38-11-9-33)35(16-27-20)18-12-28-32(4)15-18/h12,15-17H,5-11,13-14H2,1-4H3,(H,29,36)(H,26,30,31)/t17-/m0/s1. The van der Waals surface area contributed by atoms with E-state index in [1.54, 1.807) is 22.1 Å². The molecule has 39 heavy (non-hydrogen) atoms. The van der Waals surface area contributed by atoms with E-state index in [2.05, 4.69) is 25.6 Å². The summed E-state index contributed by atoms with van der Waals surface area (Å²) in [5, 5.41) is 10.5. The maximum Gasteiger partial charge on any atom is 0.410 e. The SMILES string of the molecule is Cn1cc(-n2cnc3c(NCC(=O)N[C@H]4CCCN(C(=O)OC(C)(C)C)C4)nc(N4CCOCC4)nc32)cn1. The van der Waals surface area contributed by atoms with Crippen LogP contribution in [0.2, 0.25) is 0 Å². The molecule has 210 valence electrons. The van der Waals surface area contributed by atoms with Crippen LogP contribution in [0.15, 0.2) is 18.7 Å².